The van der Waals surface area contributed by atoms with E-state index in [-0.39, 0.29) is 57.0 Å². The molecule has 218 valence electrons. The lowest BCUT2D eigenvalue weighted by Crippen LogP contribution is -2.47. The fourth-order valence-electron chi connectivity index (χ4n) is 4.85. The first-order valence-electron chi connectivity index (χ1n) is 13.1. The quantitative estimate of drug-likeness (QED) is 0.144. The van der Waals surface area contributed by atoms with Crippen molar-refractivity contribution in [3.8, 4) is 0 Å². The zero-order valence-corrected chi connectivity index (χ0v) is 22.0. The van der Waals surface area contributed by atoms with E-state index in [4.69, 9.17) is 4.74 Å². The van der Waals surface area contributed by atoms with E-state index in [1.165, 1.54) is 0 Å². The molecular formula is C26H34N4O10. The Morgan fingerprint density at radius 2 is 1.75 bits per heavy atom. The lowest BCUT2D eigenvalue weighted by atomic mass is 9.94. The summed E-state index contributed by atoms with van der Waals surface area (Å²) in [5, 5.41) is 24.5. The van der Waals surface area contributed by atoms with Crippen molar-refractivity contribution in [1.29, 1.82) is 0 Å². The number of carbonyl (C=O) groups is 7. The number of carbonyl (C=O) groups excluding carboxylic acids is 5. The average molecular weight is 563 g/mol. The second kappa shape index (κ2) is 13.9. The number of carboxylic acids is 2. The fraction of sp³-hybridized carbons (Fsp3) is 0.577. The molecule has 4 amide bonds. The number of nitrogens with one attached hydrogen (secondary N) is 2. The van der Waals surface area contributed by atoms with Gasteiger partial charge in [0, 0.05) is 57.5 Å². The number of amides is 4. The molecule has 0 saturated carbocycles. The van der Waals surface area contributed by atoms with Gasteiger partial charge >= 0.3 is 11.9 Å². The maximum atomic E-state index is 12.8. The van der Waals surface area contributed by atoms with Gasteiger partial charge in [0.2, 0.25) is 11.8 Å². The normalized spacial score (nSPS) is 22.1. The van der Waals surface area contributed by atoms with Crippen molar-refractivity contribution in [3.63, 3.8) is 0 Å². The summed E-state index contributed by atoms with van der Waals surface area (Å²) in [5.74, 6) is -6.43. The van der Waals surface area contributed by atoms with E-state index in [0.29, 0.717) is 26.1 Å². The number of aliphatic carboxylic acids is 2. The van der Waals surface area contributed by atoms with E-state index >= 15 is 0 Å². The second-order valence-electron chi connectivity index (χ2n) is 10.0. The highest BCUT2D eigenvalue weighted by atomic mass is 16.5. The van der Waals surface area contributed by atoms with Gasteiger partial charge in [-0.25, -0.2) is 4.79 Å². The Morgan fingerprint density at radius 3 is 2.35 bits per heavy atom. The molecule has 3 rings (SSSR count). The van der Waals surface area contributed by atoms with Gasteiger partial charge in [0.25, 0.3) is 11.8 Å². The van der Waals surface area contributed by atoms with Crippen molar-refractivity contribution in [3.05, 3.63) is 24.3 Å². The Kier molecular flexibility index (Phi) is 10.7. The van der Waals surface area contributed by atoms with Crippen LogP contribution in [0.2, 0.25) is 0 Å². The molecule has 4 N–H and O–H groups in total. The summed E-state index contributed by atoms with van der Waals surface area (Å²) in [7, 11) is 0. The van der Waals surface area contributed by atoms with Crippen LogP contribution in [0.3, 0.4) is 0 Å². The number of rotatable bonds is 15. The van der Waals surface area contributed by atoms with Crippen LogP contribution < -0.4 is 10.6 Å². The SMILES string of the molecule is C=C1CN[C@H](C2OCCN2C(=O)CC[C@H](CC(=O)CC[C@H](NC(=O)CCN2C(=O)C=CC2=O)C(=O)O)C(=O)O)C1. The van der Waals surface area contributed by atoms with Crippen molar-refractivity contribution in [2.24, 2.45) is 5.92 Å². The summed E-state index contributed by atoms with van der Waals surface area (Å²) in [6.45, 7) is 5.10. The number of carboxylic acid groups (broad SMARTS) is 2. The predicted molar refractivity (Wildman–Crippen MR) is 136 cm³/mol. The maximum absolute atomic E-state index is 12.8. The number of ether oxygens (including phenoxy) is 1. The number of Topliss-reactive ketones (excluding diaryl/α,β-unsaturated/α-hetero) is 1. The van der Waals surface area contributed by atoms with E-state index < -0.39 is 53.6 Å². The van der Waals surface area contributed by atoms with Gasteiger partial charge in [0.05, 0.1) is 18.6 Å². The van der Waals surface area contributed by atoms with Crippen molar-refractivity contribution in [2.75, 3.05) is 26.2 Å². The van der Waals surface area contributed by atoms with Gasteiger partial charge in [-0.3, -0.25) is 33.7 Å². The number of imide groups is 1. The van der Waals surface area contributed by atoms with Gasteiger partial charge < -0.3 is 30.5 Å². The Hall–Kier alpha value is -3.91. The van der Waals surface area contributed by atoms with Gasteiger partial charge in [0.1, 0.15) is 18.1 Å². The molecule has 0 aromatic heterocycles. The highest BCUT2D eigenvalue weighted by molar-refractivity contribution is 6.13. The highest BCUT2D eigenvalue weighted by Gasteiger charge is 2.38. The third kappa shape index (κ3) is 8.29. The third-order valence-corrected chi connectivity index (χ3v) is 7.05. The Balaban J connectivity index is 1.43. The zero-order valence-electron chi connectivity index (χ0n) is 22.0. The summed E-state index contributed by atoms with van der Waals surface area (Å²) in [6, 6.07) is -1.50. The molecular weight excluding hydrogens is 528 g/mol. The molecule has 3 aliphatic heterocycles. The van der Waals surface area contributed by atoms with Crippen LogP contribution in [0.5, 0.6) is 0 Å². The van der Waals surface area contributed by atoms with Crippen LogP contribution in [0.25, 0.3) is 0 Å². The summed E-state index contributed by atoms with van der Waals surface area (Å²) in [4.78, 5) is 86.4. The molecule has 0 aromatic carbocycles. The molecule has 0 radical (unpaired) electrons. The van der Waals surface area contributed by atoms with Gasteiger partial charge in [0.15, 0.2) is 0 Å². The molecule has 0 aromatic rings. The predicted octanol–water partition coefficient (Wildman–Crippen LogP) is -0.806. The van der Waals surface area contributed by atoms with E-state index in [1.54, 1.807) is 4.90 Å². The third-order valence-electron chi connectivity index (χ3n) is 7.05. The Morgan fingerprint density at radius 1 is 1.05 bits per heavy atom. The van der Waals surface area contributed by atoms with Crippen molar-refractivity contribution in [1.82, 2.24) is 20.4 Å². The van der Waals surface area contributed by atoms with Crippen LogP contribution in [0.1, 0.15) is 44.9 Å². The van der Waals surface area contributed by atoms with Gasteiger partial charge in [-0.15, -0.1) is 0 Å². The van der Waals surface area contributed by atoms with Crippen LogP contribution in [-0.4, -0.2) is 106 Å². The minimum absolute atomic E-state index is 0.0736. The maximum Gasteiger partial charge on any atom is 0.326 e. The number of hydrogen-bond acceptors (Lipinski definition) is 9. The van der Waals surface area contributed by atoms with Crippen LogP contribution in [0, 0.1) is 5.92 Å². The largest absolute Gasteiger partial charge is 0.481 e. The molecule has 3 heterocycles. The van der Waals surface area contributed by atoms with Gasteiger partial charge in [-0.05, 0) is 19.3 Å². The summed E-state index contributed by atoms with van der Waals surface area (Å²) in [6.07, 6.45) is 0.881. The zero-order chi connectivity index (χ0) is 29.4. The number of hydrogen-bond donors (Lipinski definition) is 4. The van der Waals surface area contributed by atoms with Crippen LogP contribution in [0.4, 0.5) is 0 Å². The molecule has 14 heteroatoms. The average Bonchev–Trinajstić information content (AvgIpc) is 3.63. The monoisotopic (exact) mass is 562 g/mol. The minimum atomic E-state index is -1.42. The minimum Gasteiger partial charge on any atom is -0.481 e. The lowest BCUT2D eigenvalue weighted by molar-refractivity contribution is -0.145. The second-order valence-corrected chi connectivity index (χ2v) is 10.0. The van der Waals surface area contributed by atoms with Crippen molar-refractivity contribution in [2.45, 2.75) is 63.3 Å². The summed E-state index contributed by atoms with van der Waals surface area (Å²) < 4.78 is 5.71. The van der Waals surface area contributed by atoms with Crippen molar-refractivity contribution < 1.29 is 48.5 Å². The van der Waals surface area contributed by atoms with Crippen LogP contribution in [0.15, 0.2) is 24.3 Å². The van der Waals surface area contributed by atoms with E-state index in [2.05, 4.69) is 17.2 Å². The van der Waals surface area contributed by atoms with Crippen LogP contribution in [-0.2, 0) is 38.3 Å². The number of ketones is 1. The molecule has 0 spiro atoms. The smallest absolute Gasteiger partial charge is 0.326 e. The molecule has 3 aliphatic rings. The molecule has 2 fully saturated rings. The molecule has 2 saturated heterocycles. The van der Waals surface area contributed by atoms with E-state index in [0.717, 1.165) is 22.6 Å². The number of nitrogens with zero attached hydrogens (tertiary/aromatic N) is 2. The molecule has 0 aliphatic carbocycles. The summed E-state index contributed by atoms with van der Waals surface area (Å²) in [5.41, 5.74) is 1.01. The first kappa shape index (κ1) is 30.6. The lowest BCUT2D eigenvalue weighted by Gasteiger charge is -2.28. The topological polar surface area (TPSA) is 200 Å². The van der Waals surface area contributed by atoms with Crippen molar-refractivity contribution >= 4 is 41.4 Å². The molecule has 40 heavy (non-hydrogen) atoms. The molecule has 1 unspecified atom stereocenters. The molecule has 4 atom stereocenters. The molecule has 0 bridgehead atoms. The van der Waals surface area contributed by atoms with Gasteiger partial charge in [-0.1, -0.05) is 12.2 Å². The van der Waals surface area contributed by atoms with E-state index in [9.17, 15) is 43.8 Å². The first-order chi connectivity index (χ1) is 19.0. The van der Waals surface area contributed by atoms with E-state index in [1.807, 2.05) is 0 Å². The Labute approximate surface area is 230 Å². The van der Waals surface area contributed by atoms with Gasteiger partial charge in [-0.2, -0.15) is 0 Å². The fourth-order valence-corrected chi connectivity index (χ4v) is 4.85. The standard InChI is InChI=1S/C26H34N4O10/c1-15-12-19(27-14-15)24-30(10-11-40-24)23(35)5-2-16(25(36)37)13-17(31)3-4-18(26(38)39)28-20(32)8-9-29-21(33)6-7-22(29)34/h6-7,16,18-19,24,27H,1-5,8-14H2,(H,28,32)(H,36,37)(H,38,39)/t16-,18+,19+,24?/m1/s1. The molecule has 14 nitrogen and oxygen atoms in total. The first-order valence-corrected chi connectivity index (χ1v) is 13.1. The van der Waals surface area contributed by atoms with Crippen LogP contribution >= 0.6 is 0 Å². The highest BCUT2D eigenvalue weighted by Crippen LogP contribution is 2.24. The Bertz CT molecular complexity index is 1090. The summed E-state index contributed by atoms with van der Waals surface area (Å²) >= 11 is 0.